The van der Waals surface area contributed by atoms with Crippen molar-refractivity contribution in [2.24, 2.45) is 0 Å². The number of anilines is 2. The standard InChI is InChI=1S/C30H26Cl2N2O4/c31-25-15-7-9-17-27(25)37-21-29(35)33(23-11-3-1-4-12-23)19-20-34(24-13-5-2-6-14-24)30(36)22-38-28-18-10-8-16-26(28)32/h1-18H,19-22H2. The lowest BCUT2D eigenvalue weighted by Crippen LogP contribution is -2.44. The van der Waals surface area contributed by atoms with E-state index in [0.29, 0.717) is 32.9 Å². The van der Waals surface area contributed by atoms with E-state index >= 15 is 0 Å². The average molecular weight is 549 g/mol. The van der Waals surface area contributed by atoms with Crippen LogP contribution in [0.1, 0.15) is 0 Å². The highest BCUT2D eigenvalue weighted by Crippen LogP contribution is 2.25. The predicted molar refractivity (Wildman–Crippen MR) is 151 cm³/mol. The van der Waals surface area contributed by atoms with Crippen LogP contribution in [0.5, 0.6) is 11.5 Å². The molecule has 0 radical (unpaired) electrons. The van der Waals surface area contributed by atoms with Gasteiger partial charge in [0.15, 0.2) is 13.2 Å². The summed E-state index contributed by atoms with van der Waals surface area (Å²) < 4.78 is 11.4. The Kier molecular flexibility index (Phi) is 9.62. The van der Waals surface area contributed by atoms with Gasteiger partial charge < -0.3 is 19.3 Å². The van der Waals surface area contributed by atoms with Crippen molar-refractivity contribution < 1.29 is 19.1 Å². The van der Waals surface area contributed by atoms with Crippen LogP contribution in [-0.4, -0.2) is 38.1 Å². The van der Waals surface area contributed by atoms with Gasteiger partial charge in [0.05, 0.1) is 10.0 Å². The second-order valence-electron chi connectivity index (χ2n) is 8.20. The Labute approximate surface area is 231 Å². The first-order valence-electron chi connectivity index (χ1n) is 12.0. The molecule has 194 valence electrons. The third-order valence-corrected chi connectivity index (χ3v) is 6.29. The number of benzene rings is 4. The van der Waals surface area contributed by atoms with Gasteiger partial charge in [0, 0.05) is 24.5 Å². The predicted octanol–water partition coefficient (Wildman–Crippen LogP) is 6.52. The normalized spacial score (nSPS) is 10.5. The Bertz CT molecular complexity index is 1250. The number of carbonyl (C=O) groups excluding carboxylic acids is 2. The second kappa shape index (κ2) is 13.5. The van der Waals surface area contributed by atoms with Crippen LogP contribution in [0.25, 0.3) is 0 Å². The molecule has 0 N–H and O–H groups in total. The monoisotopic (exact) mass is 548 g/mol. The van der Waals surface area contributed by atoms with E-state index in [4.69, 9.17) is 32.7 Å². The number of nitrogens with zero attached hydrogens (tertiary/aromatic N) is 2. The Morgan fingerprint density at radius 2 is 0.868 bits per heavy atom. The zero-order valence-electron chi connectivity index (χ0n) is 20.5. The lowest BCUT2D eigenvalue weighted by atomic mass is 10.2. The minimum absolute atomic E-state index is 0.215. The lowest BCUT2D eigenvalue weighted by molar-refractivity contribution is -0.122. The molecule has 0 saturated heterocycles. The summed E-state index contributed by atoms with van der Waals surface area (Å²) in [5.41, 5.74) is 1.38. The first-order valence-corrected chi connectivity index (χ1v) is 12.7. The lowest BCUT2D eigenvalue weighted by Gasteiger charge is -2.28. The molecule has 0 bridgehead atoms. The van der Waals surface area contributed by atoms with Crippen LogP contribution < -0.4 is 19.3 Å². The smallest absolute Gasteiger partial charge is 0.264 e. The Balaban J connectivity index is 1.50. The maximum atomic E-state index is 13.3. The van der Waals surface area contributed by atoms with Crippen molar-refractivity contribution in [2.45, 2.75) is 0 Å². The van der Waals surface area contributed by atoms with Crippen LogP contribution in [0.15, 0.2) is 109 Å². The molecule has 0 atom stereocenters. The summed E-state index contributed by atoms with van der Waals surface area (Å²) in [5.74, 6) is 0.300. The van der Waals surface area contributed by atoms with E-state index in [0.717, 1.165) is 0 Å². The van der Waals surface area contributed by atoms with Crippen molar-refractivity contribution in [3.63, 3.8) is 0 Å². The van der Waals surface area contributed by atoms with Gasteiger partial charge in [-0.05, 0) is 48.5 Å². The third kappa shape index (κ3) is 7.28. The number of ether oxygens (including phenoxy) is 2. The molecule has 4 aromatic rings. The Morgan fingerprint density at radius 3 is 1.24 bits per heavy atom. The molecule has 0 aliphatic rings. The highest BCUT2D eigenvalue weighted by atomic mass is 35.5. The highest BCUT2D eigenvalue weighted by molar-refractivity contribution is 6.32. The molecule has 0 saturated carbocycles. The summed E-state index contributed by atoms with van der Waals surface area (Å²) in [6.45, 7) is 0.0178. The van der Waals surface area contributed by atoms with Gasteiger partial charge in [-0.1, -0.05) is 83.9 Å². The summed E-state index contributed by atoms with van der Waals surface area (Å²) in [5, 5.41) is 0.844. The van der Waals surface area contributed by atoms with Crippen molar-refractivity contribution in [1.29, 1.82) is 0 Å². The van der Waals surface area contributed by atoms with Crippen LogP contribution >= 0.6 is 23.2 Å². The first kappa shape index (κ1) is 27.0. The molecule has 4 rings (SSSR count). The Morgan fingerprint density at radius 1 is 0.526 bits per heavy atom. The maximum absolute atomic E-state index is 13.3. The molecule has 0 aliphatic heterocycles. The average Bonchev–Trinajstić information content (AvgIpc) is 2.95. The number of halogens is 2. The summed E-state index contributed by atoms with van der Waals surface area (Å²) in [7, 11) is 0. The van der Waals surface area contributed by atoms with E-state index in [1.54, 1.807) is 58.3 Å². The fraction of sp³-hybridized carbons (Fsp3) is 0.133. The minimum atomic E-state index is -0.274. The number of carbonyl (C=O) groups is 2. The van der Waals surface area contributed by atoms with Crippen molar-refractivity contribution in [1.82, 2.24) is 0 Å². The minimum Gasteiger partial charge on any atom is -0.482 e. The molecule has 0 heterocycles. The zero-order valence-corrected chi connectivity index (χ0v) is 22.0. The number of hydrogen-bond acceptors (Lipinski definition) is 4. The third-order valence-electron chi connectivity index (χ3n) is 5.66. The van der Waals surface area contributed by atoms with Crippen molar-refractivity contribution in [3.05, 3.63) is 119 Å². The highest BCUT2D eigenvalue weighted by Gasteiger charge is 2.22. The van der Waals surface area contributed by atoms with E-state index in [1.165, 1.54) is 0 Å². The molecular weight excluding hydrogens is 523 g/mol. The fourth-order valence-corrected chi connectivity index (χ4v) is 4.15. The zero-order chi connectivity index (χ0) is 26.7. The van der Waals surface area contributed by atoms with E-state index in [2.05, 4.69) is 0 Å². The van der Waals surface area contributed by atoms with E-state index < -0.39 is 0 Å². The van der Waals surface area contributed by atoms with Gasteiger partial charge in [0.2, 0.25) is 0 Å². The van der Waals surface area contributed by atoms with Gasteiger partial charge in [0.1, 0.15) is 11.5 Å². The van der Waals surface area contributed by atoms with Gasteiger partial charge >= 0.3 is 0 Å². The molecule has 0 spiro atoms. The van der Waals surface area contributed by atoms with Crippen molar-refractivity contribution in [3.8, 4) is 11.5 Å². The van der Waals surface area contributed by atoms with Crippen LogP contribution in [-0.2, 0) is 9.59 Å². The summed E-state index contributed by atoms with van der Waals surface area (Å²) in [6.07, 6.45) is 0. The van der Waals surface area contributed by atoms with Crippen LogP contribution in [0.2, 0.25) is 10.0 Å². The summed E-state index contributed by atoms with van der Waals surface area (Å²) >= 11 is 12.4. The number of amides is 2. The van der Waals surface area contributed by atoms with E-state index in [-0.39, 0.29) is 38.1 Å². The molecule has 0 aromatic heterocycles. The van der Waals surface area contributed by atoms with Crippen molar-refractivity contribution in [2.75, 3.05) is 36.1 Å². The van der Waals surface area contributed by atoms with Crippen LogP contribution in [0.3, 0.4) is 0 Å². The first-order chi connectivity index (χ1) is 18.5. The quantitative estimate of drug-likeness (QED) is 0.214. The Hall–Kier alpha value is -4.00. The largest absolute Gasteiger partial charge is 0.482 e. The van der Waals surface area contributed by atoms with E-state index in [1.807, 2.05) is 60.7 Å². The molecular formula is C30H26Cl2N2O4. The summed E-state index contributed by atoms with van der Waals surface area (Å²) in [6, 6.07) is 32.4. The van der Waals surface area contributed by atoms with E-state index in [9.17, 15) is 9.59 Å². The van der Waals surface area contributed by atoms with Gasteiger partial charge in [0.25, 0.3) is 11.8 Å². The van der Waals surface area contributed by atoms with Gasteiger partial charge in [-0.3, -0.25) is 9.59 Å². The van der Waals surface area contributed by atoms with Gasteiger partial charge in [-0.25, -0.2) is 0 Å². The molecule has 38 heavy (non-hydrogen) atoms. The topological polar surface area (TPSA) is 59.1 Å². The van der Waals surface area contributed by atoms with Gasteiger partial charge in [-0.2, -0.15) is 0 Å². The SMILES string of the molecule is O=C(COc1ccccc1Cl)N(CCN(C(=O)COc1ccccc1Cl)c1ccccc1)c1ccccc1. The van der Waals surface area contributed by atoms with Crippen LogP contribution in [0.4, 0.5) is 11.4 Å². The molecule has 0 unspecified atom stereocenters. The van der Waals surface area contributed by atoms with Crippen molar-refractivity contribution >= 4 is 46.4 Å². The van der Waals surface area contributed by atoms with Crippen LogP contribution in [0, 0.1) is 0 Å². The molecule has 2 amide bonds. The maximum Gasteiger partial charge on any atom is 0.264 e. The fourth-order valence-electron chi connectivity index (χ4n) is 3.77. The number of rotatable bonds is 11. The number of para-hydroxylation sites is 4. The second-order valence-corrected chi connectivity index (χ2v) is 9.01. The number of hydrogen-bond donors (Lipinski definition) is 0. The molecule has 0 fully saturated rings. The molecule has 6 nitrogen and oxygen atoms in total. The molecule has 0 aliphatic carbocycles. The molecule has 8 heteroatoms. The summed E-state index contributed by atoms with van der Waals surface area (Å²) in [4.78, 5) is 29.8. The van der Waals surface area contributed by atoms with Gasteiger partial charge in [-0.15, -0.1) is 0 Å². The molecule has 4 aromatic carbocycles.